The van der Waals surface area contributed by atoms with Gasteiger partial charge in [-0.1, -0.05) is 35.9 Å². The summed E-state index contributed by atoms with van der Waals surface area (Å²) in [5.41, 5.74) is 2.77. The number of halogens is 1. The lowest BCUT2D eigenvalue weighted by Crippen LogP contribution is -2.44. The second-order valence-corrected chi connectivity index (χ2v) is 7.79. The number of benzene rings is 1. The third kappa shape index (κ3) is 4.68. The number of morpholine rings is 1. The number of carbonyl (C=O) groups excluding carboxylic acids is 1. The molecule has 1 fully saturated rings. The highest BCUT2D eigenvalue weighted by Crippen LogP contribution is 2.23. The molecular formula is C22H24ClN5O2. The molecule has 0 radical (unpaired) electrons. The molecule has 1 aliphatic heterocycles. The van der Waals surface area contributed by atoms with Crippen molar-refractivity contribution in [3.05, 3.63) is 76.1 Å². The summed E-state index contributed by atoms with van der Waals surface area (Å²) in [6.07, 6.45) is 0.390. The summed E-state index contributed by atoms with van der Waals surface area (Å²) in [7, 11) is 0. The van der Waals surface area contributed by atoms with Crippen LogP contribution in [-0.4, -0.2) is 50.3 Å². The first-order valence-corrected chi connectivity index (χ1v) is 10.3. The number of hydrogen-bond acceptors (Lipinski definition) is 5. The molecule has 1 saturated heterocycles. The minimum Gasteiger partial charge on any atom is -0.368 e. The number of aromatic nitrogens is 4. The molecule has 0 N–H and O–H groups in total. The Morgan fingerprint density at radius 2 is 2.00 bits per heavy atom. The van der Waals surface area contributed by atoms with Crippen molar-refractivity contribution in [1.29, 1.82) is 0 Å². The van der Waals surface area contributed by atoms with Crippen LogP contribution in [0.15, 0.2) is 42.5 Å². The zero-order valence-electron chi connectivity index (χ0n) is 17.1. The third-order valence-corrected chi connectivity index (χ3v) is 5.52. The predicted molar refractivity (Wildman–Crippen MR) is 113 cm³/mol. The van der Waals surface area contributed by atoms with Crippen LogP contribution in [0.5, 0.6) is 0 Å². The minimum absolute atomic E-state index is 0.00326. The van der Waals surface area contributed by atoms with Gasteiger partial charge in [-0.2, -0.15) is 5.10 Å². The first kappa shape index (κ1) is 20.5. The SMILES string of the molecule is Cc1nc(C)n(CC(=O)N2CCO[C@@H](c3cccc(Cc4ccccc4Cl)n3)C2)n1. The van der Waals surface area contributed by atoms with Gasteiger partial charge in [-0.05, 0) is 37.6 Å². The molecule has 0 aliphatic carbocycles. The van der Waals surface area contributed by atoms with Crippen molar-refractivity contribution in [3.8, 4) is 0 Å². The molecule has 3 heterocycles. The zero-order valence-corrected chi connectivity index (χ0v) is 17.8. The lowest BCUT2D eigenvalue weighted by atomic mass is 10.1. The molecule has 1 amide bonds. The van der Waals surface area contributed by atoms with E-state index in [0.717, 1.165) is 27.8 Å². The highest BCUT2D eigenvalue weighted by atomic mass is 35.5. The van der Waals surface area contributed by atoms with Gasteiger partial charge in [0.05, 0.1) is 18.8 Å². The summed E-state index contributed by atoms with van der Waals surface area (Å²) in [5, 5.41) is 5.02. The smallest absolute Gasteiger partial charge is 0.244 e. The van der Waals surface area contributed by atoms with Crippen LogP contribution in [0.1, 0.15) is 34.7 Å². The van der Waals surface area contributed by atoms with Crippen LogP contribution in [0, 0.1) is 13.8 Å². The second-order valence-electron chi connectivity index (χ2n) is 7.39. The quantitative estimate of drug-likeness (QED) is 0.627. The van der Waals surface area contributed by atoms with Crippen LogP contribution in [0.3, 0.4) is 0 Å². The highest BCUT2D eigenvalue weighted by Gasteiger charge is 2.27. The summed E-state index contributed by atoms with van der Waals surface area (Å²) in [4.78, 5) is 23.6. The Balaban J connectivity index is 1.45. The average Bonchev–Trinajstić information content (AvgIpc) is 3.06. The molecule has 0 spiro atoms. The molecule has 2 aromatic heterocycles. The molecule has 1 atom stereocenters. The van der Waals surface area contributed by atoms with Crippen molar-refractivity contribution in [3.63, 3.8) is 0 Å². The van der Waals surface area contributed by atoms with Crippen molar-refractivity contribution < 1.29 is 9.53 Å². The van der Waals surface area contributed by atoms with E-state index < -0.39 is 0 Å². The van der Waals surface area contributed by atoms with Crippen LogP contribution in [0.25, 0.3) is 0 Å². The van der Waals surface area contributed by atoms with E-state index in [2.05, 4.69) is 10.1 Å². The number of aryl methyl sites for hydroxylation is 2. The van der Waals surface area contributed by atoms with Crippen molar-refractivity contribution in [2.45, 2.75) is 32.9 Å². The van der Waals surface area contributed by atoms with E-state index in [1.165, 1.54) is 0 Å². The Kier molecular flexibility index (Phi) is 6.11. The molecule has 1 aliphatic rings. The molecule has 3 aromatic rings. The average molecular weight is 426 g/mol. The molecule has 30 heavy (non-hydrogen) atoms. The van der Waals surface area contributed by atoms with Crippen LogP contribution in [0.4, 0.5) is 0 Å². The molecule has 7 nitrogen and oxygen atoms in total. The molecular weight excluding hydrogens is 402 g/mol. The maximum atomic E-state index is 12.8. The Labute approximate surface area is 180 Å². The molecule has 4 rings (SSSR count). The van der Waals surface area contributed by atoms with Crippen LogP contribution >= 0.6 is 11.6 Å². The van der Waals surface area contributed by atoms with Gasteiger partial charge in [-0.25, -0.2) is 9.67 Å². The van der Waals surface area contributed by atoms with Gasteiger partial charge in [-0.15, -0.1) is 0 Å². The van der Waals surface area contributed by atoms with Gasteiger partial charge in [0.15, 0.2) is 0 Å². The van der Waals surface area contributed by atoms with Gasteiger partial charge >= 0.3 is 0 Å². The Morgan fingerprint density at radius 1 is 1.17 bits per heavy atom. The van der Waals surface area contributed by atoms with Crippen molar-refractivity contribution in [1.82, 2.24) is 24.6 Å². The van der Waals surface area contributed by atoms with Crippen LogP contribution < -0.4 is 0 Å². The summed E-state index contributed by atoms with van der Waals surface area (Å²) in [5.74, 6) is 1.41. The van der Waals surface area contributed by atoms with E-state index in [-0.39, 0.29) is 18.6 Å². The highest BCUT2D eigenvalue weighted by molar-refractivity contribution is 6.31. The number of ether oxygens (including phenoxy) is 1. The van der Waals surface area contributed by atoms with Crippen molar-refractivity contribution in [2.24, 2.45) is 0 Å². The molecule has 8 heteroatoms. The fraction of sp³-hybridized carbons (Fsp3) is 0.364. The van der Waals surface area contributed by atoms with Crippen molar-refractivity contribution >= 4 is 17.5 Å². The number of hydrogen-bond donors (Lipinski definition) is 0. The normalized spacial score (nSPS) is 16.6. The second kappa shape index (κ2) is 8.93. The van der Waals surface area contributed by atoms with Gasteiger partial charge in [-0.3, -0.25) is 9.78 Å². The summed E-state index contributed by atoms with van der Waals surface area (Å²) >= 11 is 6.29. The van der Waals surface area contributed by atoms with E-state index in [1.54, 1.807) is 4.68 Å². The van der Waals surface area contributed by atoms with Crippen LogP contribution in [0.2, 0.25) is 5.02 Å². The standard InChI is InChI=1S/C22H24ClN5O2/c1-15-24-16(2)28(26-15)14-22(29)27-10-11-30-21(13-27)20-9-5-7-18(25-20)12-17-6-3-4-8-19(17)23/h3-9,21H,10-14H2,1-2H3/t21-/m1/s1. The van der Waals surface area contributed by atoms with E-state index in [0.29, 0.717) is 31.9 Å². The monoisotopic (exact) mass is 425 g/mol. The number of nitrogens with zero attached hydrogens (tertiary/aromatic N) is 5. The lowest BCUT2D eigenvalue weighted by Gasteiger charge is -2.32. The molecule has 1 aromatic carbocycles. The van der Waals surface area contributed by atoms with Crippen LogP contribution in [-0.2, 0) is 22.5 Å². The number of rotatable bonds is 5. The Morgan fingerprint density at radius 3 is 2.77 bits per heavy atom. The molecule has 0 bridgehead atoms. The zero-order chi connectivity index (χ0) is 21.1. The Hall–Kier alpha value is -2.77. The molecule has 156 valence electrons. The fourth-order valence-electron chi connectivity index (χ4n) is 3.61. The molecule has 0 unspecified atom stereocenters. The molecule has 0 saturated carbocycles. The van der Waals surface area contributed by atoms with Gasteiger partial charge < -0.3 is 9.64 Å². The maximum absolute atomic E-state index is 12.8. The van der Waals surface area contributed by atoms with Gasteiger partial charge in [0.1, 0.15) is 24.3 Å². The van der Waals surface area contributed by atoms with Crippen molar-refractivity contribution in [2.75, 3.05) is 19.7 Å². The summed E-state index contributed by atoms with van der Waals surface area (Å²) in [6, 6.07) is 13.7. The van der Waals surface area contributed by atoms with E-state index in [4.69, 9.17) is 21.3 Å². The third-order valence-electron chi connectivity index (χ3n) is 5.15. The lowest BCUT2D eigenvalue weighted by molar-refractivity contribution is -0.140. The first-order valence-electron chi connectivity index (χ1n) is 9.96. The summed E-state index contributed by atoms with van der Waals surface area (Å²) in [6.45, 7) is 5.35. The topological polar surface area (TPSA) is 73.1 Å². The van der Waals surface area contributed by atoms with Gasteiger partial charge in [0.25, 0.3) is 0 Å². The number of amides is 1. The maximum Gasteiger partial charge on any atom is 0.244 e. The number of carbonyl (C=O) groups is 1. The van der Waals surface area contributed by atoms with E-state index in [1.807, 2.05) is 61.2 Å². The van der Waals surface area contributed by atoms with Gasteiger partial charge in [0.2, 0.25) is 5.91 Å². The first-order chi connectivity index (χ1) is 14.5. The van der Waals surface area contributed by atoms with Gasteiger partial charge in [0, 0.05) is 23.7 Å². The predicted octanol–water partition coefficient (Wildman–Crippen LogP) is 3.13. The Bertz CT molecular complexity index is 1050. The largest absolute Gasteiger partial charge is 0.368 e. The minimum atomic E-state index is -0.257. The fourth-order valence-corrected chi connectivity index (χ4v) is 3.81. The summed E-state index contributed by atoms with van der Waals surface area (Å²) < 4.78 is 7.58. The number of pyridine rings is 1. The van der Waals surface area contributed by atoms with E-state index >= 15 is 0 Å². The van der Waals surface area contributed by atoms with E-state index in [9.17, 15) is 4.79 Å².